The molecule has 124 valence electrons. The molecule has 1 aliphatic heterocycles. The minimum Gasteiger partial charge on any atom is -0.353 e. The van der Waals surface area contributed by atoms with Crippen molar-refractivity contribution in [3.63, 3.8) is 0 Å². The van der Waals surface area contributed by atoms with Crippen LogP contribution in [0.3, 0.4) is 0 Å². The molecule has 8 heteroatoms. The van der Waals surface area contributed by atoms with Gasteiger partial charge in [-0.15, -0.1) is 0 Å². The van der Waals surface area contributed by atoms with Gasteiger partial charge in [0.05, 0.1) is 6.33 Å². The first-order valence-corrected chi connectivity index (χ1v) is 8.14. The topological polar surface area (TPSA) is 86.7 Å². The molecular weight excluding hydrogens is 304 g/mol. The summed E-state index contributed by atoms with van der Waals surface area (Å²) >= 11 is 0. The van der Waals surface area contributed by atoms with Crippen molar-refractivity contribution in [2.75, 3.05) is 29.9 Å². The molecule has 8 nitrogen and oxygen atoms in total. The van der Waals surface area contributed by atoms with Crippen molar-refractivity contribution >= 4 is 22.9 Å². The summed E-state index contributed by atoms with van der Waals surface area (Å²) in [4.78, 5) is 29.5. The molecule has 0 aromatic carbocycles. The summed E-state index contributed by atoms with van der Waals surface area (Å²) in [6.07, 6.45) is 7.27. The lowest BCUT2D eigenvalue weighted by Crippen LogP contribution is -2.47. The van der Waals surface area contributed by atoms with E-state index >= 15 is 0 Å². The van der Waals surface area contributed by atoms with E-state index in [-0.39, 0.29) is 0 Å². The largest absolute Gasteiger partial charge is 0.353 e. The van der Waals surface area contributed by atoms with Crippen molar-refractivity contribution in [1.82, 2.24) is 29.9 Å². The third-order valence-corrected chi connectivity index (χ3v) is 4.54. The van der Waals surface area contributed by atoms with Crippen LogP contribution in [-0.4, -0.2) is 56.1 Å². The second kappa shape index (κ2) is 6.03. The van der Waals surface area contributed by atoms with Crippen LogP contribution in [0, 0.1) is 6.92 Å². The van der Waals surface area contributed by atoms with E-state index in [2.05, 4.69) is 46.8 Å². The monoisotopic (exact) mass is 324 g/mol. The lowest BCUT2D eigenvalue weighted by molar-refractivity contribution is 0.481. The first kappa shape index (κ1) is 14.8. The Hall–Kier alpha value is -2.77. The molecule has 0 amide bonds. The van der Waals surface area contributed by atoms with E-state index in [0.29, 0.717) is 11.7 Å². The van der Waals surface area contributed by atoms with Gasteiger partial charge < -0.3 is 14.8 Å². The summed E-state index contributed by atoms with van der Waals surface area (Å²) < 4.78 is 0. The fourth-order valence-electron chi connectivity index (χ4n) is 3.22. The summed E-state index contributed by atoms with van der Waals surface area (Å²) in [7, 11) is 2.06. The molecule has 4 rings (SSSR count). The Labute approximate surface area is 140 Å². The smallest absolute Gasteiger partial charge is 0.225 e. The highest BCUT2D eigenvalue weighted by Crippen LogP contribution is 2.25. The Morgan fingerprint density at radius 1 is 1.25 bits per heavy atom. The summed E-state index contributed by atoms with van der Waals surface area (Å²) in [5.41, 5.74) is 2.58. The maximum Gasteiger partial charge on any atom is 0.225 e. The third kappa shape index (κ3) is 2.64. The van der Waals surface area contributed by atoms with Crippen LogP contribution in [0.15, 0.2) is 24.9 Å². The van der Waals surface area contributed by atoms with Gasteiger partial charge in [-0.3, -0.25) is 0 Å². The molecule has 1 saturated heterocycles. The predicted octanol–water partition coefficient (Wildman–Crippen LogP) is 1.56. The van der Waals surface area contributed by atoms with Crippen LogP contribution >= 0.6 is 0 Å². The molecule has 0 spiro atoms. The van der Waals surface area contributed by atoms with Crippen molar-refractivity contribution in [1.29, 1.82) is 0 Å². The molecule has 4 heterocycles. The molecular formula is C16H20N8. The number of aryl methyl sites for hydroxylation is 1. The normalized spacial score (nSPS) is 18.1. The number of aromatic nitrogens is 6. The van der Waals surface area contributed by atoms with E-state index in [9.17, 15) is 0 Å². The number of aromatic amines is 1. The number of hydrogen-bond donors (Lipinski definition) is 1. The zero-order valence-corrected chi connectivity index (χ0v) is 13.8. The van der Waals surface area contributed by atoms with Crippen molar-refractivity contribution in [3.8, 4) is 0 Å². The van der Waals surface area contributed by atoms with Crippen LogP contribution in [0.1, 0.15) is 18.5 Å². The summed E-state index contributed by atoms with van der Waals surface area (Å²) in [5, 5.41) is 0. The zero-order chi connectivity index (χ0) is 16.5. The van der Waals surface area contributed by atoms with Gasteiger partial charge in [0.25, 0.3) is 0 Å². The van der Waals surface area contributed by atoms with E-state index in [1.165, 1.54) is 0 Å². The molecule has 1 fully saturated rings. The highest BCUT2D eigenvalue weighted by atomic mass is 15.3. The highest BCUT2D eigenvalue weighted by Gasteiger charge is 2.27. The Morgan fingerprint density at radius 2 is 2.17 bits per heavy atom. The maximum absolute atomic E-state index is 4.54. The number of piperidine rings is 1. The van der Waals surface area contributed by atoms with E-state index in [0.717, 1.165) is 48.9 Å². The fraction of sp³-hybridized carbons (Fsp3) is 0.438. The van der Waals surface area contributed by atoms with E-state index in [1.54, 1.807) is 12.7 Å². The number of nitrogens with zero attached hydrogens (tertiary/aromatic N) is 7. The minimum absolute atomic E-state index is 0.341. The number of nitrogens with one attached hydrogen (secondary N) is 1. The molecule has 0 bridgehead atoms. The van der Waals surface area contributed by atoms with Crippen LogP contribution in [0.2, 0.25) is 0 Å². The fourth-order valence-corrected chi connectivity index (χ4v) is 3.22. The highest BCUT2D eigenvalue weighted by molar-refractivity contribution is 5.82. The van der Waals surface area contributed by atoms with E-state index in [1.807, 2.05) is 19.2 Å². The van der Waals surface area contributed by atoms with Crippen molar-refractivity contribution in [2.45, 2.75) is 25.8 Å². The maximum atomic E-state index is 4.54. The van der Waals surface area contributed by atoms with Gasteiger partial charge in [0.2, 0.25) is 5.95 Å². The van der Waals surface area contributed by atoms with Gasteiger partial charge in [0.15, 0.2) is 11.5 Å². The Balaban J connectivity index is 1.58. The van der Waals surface area contributed by atoms with Gasteiger partial charge in [0.1, 0.15) is 11.8 Å². The SMILES string of the molecule is Cc1ccnc(N(C)C2CCCN(c3ncnc4nc[nH]c34)C2)n1. The molecule has 1 atom stereocenters. The van der Waals surface area contributed by atoms with Crippen LogP contribution in [0.25, 0.3) is 11.2 Å². The second-order valence-electron chi connectivity index (χ2n) is 6.15. The number of hydrogen-bond acceptors (Lipinski definition) is 7. The Morgan fingerprint density at radius 3 is 3.04 bits per heavy atom. The average molecular weight is 324 g/mol. The molecule has 24 heavy (non-hydrogen) atoms. The van der Waals surface area contributed by atoms with Gasteiger partial charge in [-0.05, 0) is 25.8 Å². The molecule has 3 aromatic heterocycles. The van der Waals surface area contributed by atoms with Crippen LogP contribution in [-0.2, 0) is 0 Å². The predicted molar refractivity (Wildman–Crippen MR) is 92.1 cm³/mol. The third-order valence-electron chi connectivity index (χ3n) is 4.54. The number of imidazole rings is 1. The van der Waals surface area contributed by atoms with Crippen LogP contribution in [0.5, 0.6) is 0 Å². The molecule has 0 radical (unpaired) electrons. The zero-order valence-electron chi connectivity index (χ0n) is 13.8. The summed E-state index contributed by atoms with van der Waals surface area (Å²) in [5.74, 6) is 1.69. The van der Waals surface area contributed by atoms with Crippen LogP contribution < -0.4 is 9.80 Å². The summed E-state index contributed by atoms with van der Waals surface area (Å²) in [6, 6.07) is 2.26. The molecule has 1 N–H and O–H groups in total. The van der Waals surface area contributed by atoms with Crippen molar-refractivity contribution in [3.05, 3.63) is 30.6 Å². The average Bonchev–Trinajstić information content (AvgIpc) is 3.10. The van der Waals surface area contributed by atoms with Crippen molar-refractivity contribution in [2.24, 2.45) is 0 Å². The van der Waals surface area contributed by atoms with Crippen molar-refractivity contribution < 1.29 is 0 Å². The van der Waals surface area contributed by atoms with Gasteiger partial charge in [-0.2, -0.15) is 0 Å². The van der Waals surface area contributed by atoms with Gasteiger partial charge >= 0.3 is 0 Å². The molecule has 1 unspecified atom stereocenters. The molecule has 1 aliphatic rings. The lowest BCUT2D eigenvalue weighted by Gasteiger charge is -2.38. The second-order valence-corrected chi connectivity index (χ2v) is 6.15. The first-order chi connectivity index (χ1) is 11.7. The number of anilines is 2. The van der Waals surface area contributed by atoms with E-state index < -0.39 is 0 Å². The van der Waals surface area contributed by atoms with Crippen LogP contribution in [0.4, 0.5) is 11.8 Å². The molecule has 3 aromatic rings. The number of fused-ring (bicyclic) bond motifs is 1. The Kier molecular flexibility index (Phi) is 3.72. The quantitative estimate of drug-likeness (QED) is 0.782. The first-order valence-electron chi connectivity index (χ1n) is 8.14. The molecule has 0 saturated carbocycles. The van der Waals surface area contributed by atoms with Gasteiger partial charge in [-0.1, -0.05) is 0 Å². The lowest BCUT2D eigenvalue weighted by atomic mass is 10.0. The molecule has 0 aliphatic carbocycles. The van der Waals surface area contributed by atoms with E-state index in [4.69, 9.17) is 0 Å². The standard InChI is InChI=1S/C16H20N8/c1-11-5-6-17-16(22-11)23(2)12-4-3-7-24(8-12)15-13-14(19-9-18-13)20-10-21-15/h5-6,9-10,12H,3-4,7-8H2,1-2H3,(H,18,19,20,21). The van der Waals surface area contributed by atoms with Gasteiger partial charge in [0, 0.05) is 38.1 Å². The van der Waals surface area contributed by atoms with Gasteiger partial charge in [-0.25, -0.2) is 24.9 Å². The number of likely N-dealkylation sites (N-methyl/N-ethyl adjacent to an activating group) is 1. The minimum atomic E-state index is 0.341. The number of H-pyrrole nitrogens is 1. The Bertz CT molecular complexity index is 845. The number of rotatable bonds is 3. The summed E-state index contributed by atoms with van der Waals surface area (Å²) in [6.45, 7) is 3.84.